The molecule has 1 heterocycles. The zero-order valence-electron chi connectivity index (χ0n) is 14.5. The van der Waals surface area contributed by atoms with Crippen LogP contribution in [0.2, 0.25) is 0 Å². The average Bonchev–Trinajstić information content (AvgIpc) is 3.19. The summed E-state index contributed by atoms with van der Waals surface area (Å²) in [6.07, 6.45) is 2.39. The van der Waals surface area contributed by atoms with E-state index in [0.717, 1.165) is 32.8 Å². The monoisotopic (exact) mass is 443 g/mol. The smallest absolute Gasteiger partial charge is 0.272 e. The summed E-state index contributed by atoms with van der Waals surface area (Å²) in [4.78, 5) is 20.9. The molecule has 0 unspecified atom stereocenters. The highest BCUT2D eigenvalue weighted by Gasteiger charge is 2.28. The quantitative estimate of drug-likeness (QED) is 0.238. The molecule has 3 aromatic rings. The van der Waals surface area contributed by atoms with E-state index in [0.29, 0.717) is 16.3 Å². The fourth-order valence-corrected chi connectivity index (χ4v) is 4.50. The summed E-state index contributed by atoms with van der Waals surface area (Å²) in [5.41, 5.74) is 4.46. The third-order valence-electron chi connectivity index (χ3n) is 4.45. The maximum Gasteiger partial charge on any atom is 0.272 e. The lowest BCUT2D eigenvalue weighted by atomic mass is 10.1. The highest BCUT2D eigenvalue weighted by molar-refractivity contribution is 9.10. The number of ether oxygens (including phenoxy) is 1. The molecule has 1 aliphatic carbocycles. The minimum atomic E-state index is -0.383. The van der Waals surface area contributed by atoms with Crippen LogP contribution in [0.1, 0.15) is 21.6 Å². The molecule has 0 bridgehead atoms. The van der Waals surface area contributed by atoms with E-state index in [-0.39, 0.29) is 10.6 Å². The predicted molar refractivity (Wildman–Crippen MR) is 110 cm³/mol. The second-order valence-electron chi connectivity index (χ2n) is 6.11. The number of methoxy groups -OCH3 is 1. The van der Waals surface area contributed by atoms with Crippen molar-refractivity contribution in [1.82, 2.24) is 4.98 Å². The number of fused-ring (bicyclic) bond motifs is 3. The fourth-order valence-electron chi connectivity index (χ4n) is 3.11. The number of benzene rings is 2. The minimum absolute atomic E-state index is 0.0871. The molecule has 1 aromatic heterocycles. The van der Waals surface area contributed by atoms with Crippen LogP contribution >= 0.6 is 27.3 Å². The average molecular weight is 444 g/mol. The number of hydrogen-bond acceptors (Lipinski definition) is 6. The summed E-state index contributed by atoms with van der Waals surface area (Å²) in [7, 11) is 1.65. The van der Waals surface area contributed by atoms with Crippen LogP contribution in [0.5, 0.6) is 5.75 Å². The van der Waals surface area contributed by atoms with E-state index in [1.807, 2.05) is 18.2 Å². The van der Waals surface area contributed by atoms with Crippen molar-refractivity contribution < 1.29 is 9.66 Å². The Morgan fingerprint density at radius 1 is 1.37 bits per heavy atom. The van der Waals surface area contributed by atoms with E-state index in [2.05, 4.69) is 25.9 Å². The maximum absolute atomic E-state index is 11.1. The van der Waals surface area contributed by atoms with Crippen LogP contribution in [0.25, 0.3) is 11.3 Å². The lowest BCUT2D eigenvalue weighted by Gasteiger charge is -2.08. The van der Waals surface area contributed by atoms with Gasteiger partial charge in [0.15, 0.2) is 0 Å². The lowest BCUT2D eigenvalue weighted by Crippen LogP contribution is -1.93. The molecule has 2 aromatic carbocycles. The number of thiazole rings is 1. The number of hydrogen-bond donors (Lipinski definition) is 0. The van der Waals surface area contributed by atoms with Crippen LogP contribution in [0.3, 0.4) is 0 Å². The third-order valence-corrected chi connectivity index (χ3v) is 6.16. The molecule has 1 aliphatic rings. The number of nitro groups is 1. The molecule has 0 N–H and O–H groups in total. The van der Waals surface area contributed by atoms with Gasteiger partial charge in [-0.2, -0.15) is 0 Å². The Hall–Kier alpha value is -2.58. The number of aliphatic imine (C=N–C) groups is 1. The molecule has 0 saturated carbocycles. The van der Waals surface area contributed by atoms with E-state index in [4.69, 9.17) is 4.74 Å². The van der Waals surface area contributed by atoms with Crippen molar-refractivity contribution in [2.45, 2.75) is 13.3 Å². The Bertz CT molecular complexity index is 1110. The van der Waals surface area contributed by atoms with Crippen LogP contribution in [0.15, 0.2) is 39.8 Å². The summed E-state index contributed by atoms with van der Waals surface area (Å²) >= 11 is 5.12. The van der Waals surface area contributed by atoms with Gasteiger partial charge in [0.05, 0.1) is 17.7 Å². The number of nitrogens with zero attached hydrogens (tertiary/aromatic N) is 3. The van der Waals surface area contributed by atoms with Gasteiger partial charge >= 0.3 is 0 Å². The maximum atomic E-state index is 11.1. The first-order valence-corrected chi connectivity index (χ1v) is 9.73. The Labute approximate surface area is 167 Å². The summed E-state index contributed by atoms with van der Waals surface area (Å²) in [6, 6.07) is 8.96. The number of halogens is 1. The zero-order valence-corrected chi connectivity index (χ0v) is 16.9. The molecule has 8 heteroatoms. The van der Waals surface area contributed by atoms with E-state index in [1.165, 1.54) is 23.0 Å². The topological polar surface area (TPSA) is 77.6 Å². The standard InChI is InChI=1S/C19H14BrN3O3S/c1-10-3-4-11(7-14(10)23(24)25)9-21-19-22-18-16(27-19)8-12-13(20)5-6-15(26-2)17(12)18/h3-7,9H,8H2,1-2H3. The number of aryl methyl sites for hydroxylation is 1. The van der Waals surface area contributed by atoms with Crippen molar-refractivity contribution in [3.8, 4) is 17.0 Å². The number of rotatable bonds is 4. The SMILES string of the molecule is COc1ccc(Br)c2c1-c1nc(N=Cc3ccc(C)c([N+](=O)[O-])c3)sc1C2. The van der Waals surface area contributed by atoms with Crippen molar-refractivity contribution in [1.29, 1.82) is 0 Å². The molecular formula is C19H14BrN3O3S. The molecule has 0 saturated heterocycles. The van der Waals surface area contributed by atoms with Gasteiger partial charge in [0.2, 0.25) is 5.13 Å². The molecule has 6 nitrogen and oxygen atoms in total. The Morgan fingerprint density at radius 3 is 2.93 bits per heavy atom. The van der Waals surface area contributed by atoms with E-state index < -0.39 is 0 Å². The van der Waals surface area contributed by atoms with Crippen molar-refractivity contribution in [2.75, 3.05) is 7.11 Å². The van der Waals surface area contributed by atoms with Crippen LogP contribution < -0.4 is 4.74 Å². The van der Waals surface area contributed by atoms with Crippen LogP contribution in [0.4, 0.5) is 10.8 Å². The molecule has 136 valence electrons. The Morgan fingerprint density at radius 2 is 2.19 bits per heavy atom. The van der Waals surface area contributed by atoms with E-state index >= 15 is 0 Å². The normalized spacial score (nSPS) is 12.3. The molecule has 0 amide bonds. The summed E-state index contributed by atoms with van der Waals surface area (Å²) < 4.78 is 6.54. The van der Waals surface area contributed by atoms with Gasteiger partial charge in [-0.25, -0.2) is 9.98 Å². The van der Waals surface area contributed by atoms with Gasteiger partial charge in [-0.1, -0.05) is 39.4 Å². The minimum Gasteiger partial charge on any atom is -0.496 e. The number of aromatic nitrogens is 1. The molecule has 0 fully saturated rings. The Kier molecular flexibility index (Phi) is 4.53. The molecule has 27 heavy (non-hydrogen) atoms. The third kappa shape index (κ3) is 3.15. The molecular weight excluding hydrogens is 430 g/mol. The van der Waals surface area contributed by atoms with Gasteiger partial charge in [-0.3, -0.25) is 10.1 Å². The summed E-state index contributed by atoms with van der Waals surface area (Å²) in [6.45, 7) is 1.72. The summed E-state index contributed by atoms with van der Waals surface area (Å²) in [5.74, 6) is 0.793. The molecule has 4 rings (SSSR count). The van der Waals surface area contributed by atoms with Gasteiger partial charge in [0, 0.05) is 39.2 Å². The van der Waals surface area contributed by atoms with Crippen molar-refractivity contribution in [2.24, 2.45) is 4.99 Å². The first-order chi connectivity index (χ1) is 13.0. The van der Waals surface area contributed by atoms with E-state index in [9.17, 15) is 10.1 Å². The van der Waals surface area contributed by atoms with Gasteiger partial charge in [-0.05, 0) is 30.2 Å². The van der Waals surface area contributed by atoms with Gasteiger partial charge in [-0.15, -0.1) is 0 Å². The van der Waals surface area contributed by atoms with Crippen LogP contribution in [-0.2, 0) is 6.42 Å². The molecule has 0 radical (unpaired) electrons. The van der Waals surface area contributed by atoms with Crippen molar-refractivity contribution in [3.63, 3.8) is 0 Å². The molecule has 0 aliphatic heterocycles. The first-order valence-electron chi connectivity index (χ1n) is 8.12. The number of nitro benzene ring substituents is 1. The van der Waals surface area contributed by atoms with Crippen LogP contribution in [-0.4, -0.2) is 23.2 Å². The van der Waals surface area contributed by atoms with E-state index in [1.54, 1.807) is 26.3 Å². The lowest BCUT2D eigenvalue weighted by molar-refractivity contribution is -0.385. The van der Waals surface area contributed by atoms with Crippen molar-refractivity contribution in [3.05, 3.63) is 66.5 Å². The second-order valence-corrected chi connectivity index (χ2v) is 8.03. The summed E-state index contributed by atoms with van der Waals surface area (Å²) in [5, 5.41) is 11.7. The second kappa shape index (κ2) is 6.86. The van der Waals surface area contributed by atoms with Gasteiger partial charge in [0.25, 0.3) is 5.69 Å². The van der Waals surface area contributed by atoms with Crippen molar-refractivity contribution >= 4 is 44.3 Å². The van der Waals surface area contributed by atoms with Crippen LogP contribution in [0, 0.1) is 17.0 Å². The predicted octanol–water partition coefficient (Wildman–Crippen LogP) is 5.45. The fraction of sp³-hybridized carbons (Fsp3) is 0.158. The Balaban J connectivity index is 1.68. The highest BCUT2D eigenvalue weighted by Crippen LogP contribution is 2.48. The molecule has 0 atom stereocenters. The zero-order chi connectivity index (χ0) is 19.1. The highest BCUT2D eigenvalue weighted by atomic mass is 79.9. The largest absolute Gasteiger partial charge is 0.496 e. The van der Waals surface area contributed by atoms with Gasteiger partial charge in [0.1, 0.15) is 5.75 Å². The first kappa shape index (κ1) is 17.8. The van der Waals surface area contributed by atoms with Gasteiger partial charge < -0.3 is 4.74 Å². The molecule has 0 spiro atoms.